The molecule has 0 radical (unpaired) electrons. The molecule has 1 N–H and O–H groups in total. The largest absolute Gasteiger partial charge is 0.353 e. The molecule has 0 amide bonds. The molecule has 0 spiro atoms. The summed E-state index contributed by atoms with van der Waals surface area (Å²) in [5.74, 6) is 0. The molecular formula is C40H25N3S2. The number of aromatic nitrogens is 2. The smallest absolute Gasteiger partial charge is 0.0798 e. The topological polar surface area (TPSA) is 24.0 Å². The summed E-state index contributed by atoms with van der Waals surface area (Å²) in [6.07, 6.45) is 0. The first kappa shape index (κ1) is 25.0. The van der Waals surface area contributed by atoms with Crippen LogP contribution in [0.2, 0.25) is 0 Å². The molecule has 10 aromatic rings. The van der Waals surface area contributed by atoms with Crippen molar-refractivity contribution < 1.29 is 0 Å². The normalized spacial score (nSPS) is 12.0. The number of nitrogens with zero attached hydrogens (tertiary/aromatic N) is 2. The van der Waals surface area contributed by atoms with Crippen molar-refractivity contribution in [1.82, 2.24) is 9.55 Å². The van der Waals surface area contributed by atoms with Gasteiger partial charge in [0.1, 0.15) is 0 Å². The van der Waals surface area contributed by atoms with Crippen LogP contribution in [0.3, 0.4) is 0 Å². The first-order valence-corrected chi connectivity index (χ1v) is 16.8. The van der Waals surface area contributed by atoms with Crippen LogP contribution in [0.1, 0.15) is 0 Å². The number of hydrogen-bond donors (Lipinski definition) is 1. The van der Waals surface area contributed by atoms with Crippen LogP contribution >= 0.6 is 22.7 Å². The lowest BCUT2D eigenvalue weighted by Gasteiger charge is -2.27. The third-order valence-electron chi connectivity index (χ3n) is 9.04. The molecule has 45 heavy (non-hydrogen) atoms. The molecule has 0 saturated carbocycles. The Morgan fingerprint density at radius 1 is 0.533 bits per heavy atom. The molecule has 4 aromatic heterocycles. The summed E-state index contributed by atoms with van der Waals surface area (Å²) in [6, 6.07) is 48.7. The minimum atomic E-state index is 1.12. The first-order chi connectivity index (χ1) is 22.3. The maximum absolute atomic E-state index is 3.82. The van der Waals surface area contributed by atoms with E-state index < -0.39 is 0 Å². The van der Waals surface area contributed by atoms with E-state index in [9.17, 15) is 0 Å². The molecule has 0 fully saturated rings. The highest BCUT2D eigenvalue weighted by molar-refractivity contribution is 7.17. The number of benzene rings is 6. The summed E-state index contributed by atoms with van der Waals surface area (Å²) in [5.41, 5.74) is 9.38. The van der Waals surface area contributed by atoms with E-state index in [1.807, 2.05) is 0 Å². The second kappa shape index (κ2) is 9.57. The van der Waals surface area contributed by atoms with Gasteiger partial charge in [-0.15, -0.1) is 22.7 Å². The van der Waals surface area contributed by atoms with Crippen LogP contribution in [0.25, 0.3) is 69.5 Å². The van der Waals surface area contributed by atoms with Crippen LogP contribution in [0.4, 0.5) is 17.1 Å². The number of anilines is 3. The number of hydrogen-bond acceptors (Lipinski definition) is 3. The summed E-state index contributed by atoms with van der Waals surface area (Å²) >= 11 is 3.60. The molecule has 10 rings (SSSR count). The molecule has 212 valence electrons. The van der Waals surface area contributed by atoms with Crippen molar-refractivity contribution in [2.24, 2.45) is 0 Å². The molecule has 0 unspecified atom stereocenters. The third kappa shape index (κ3) is 3.75. The highest BCUT2D eigenvalue weighted by Gasteiger charge is 2.20. The standard InChI is InChI=1S/C40H25N3S2/c1-2-9-28(10-3-1)42(35-12-6-8-25-7-4-5-11-31(25)35)29-13-15-30(16-14-29)43-36-22-27-18-20-45-38(27)24-33(36)39-40(43)32-23-37-26(17-19-44-37)21-34(32)41-39/h1-24,41H. The average molecular weight is 612 g/mol. The van der Waals surface area contributed by atoms with Crippen molar-refractivity contribution in [3.63, 3.8) is 0 Å². The number of thiophene rings is 2. The number of rotatable bonds is 4. The second-order valence-corrected chi connectivity index (χ2v) is 13.4. The number of fused-ring (bicyclic) bond motifs is 8. The van der Waals surface area contributed by atoms with Crippen LogP contribution < -0.4 is 4.90 Å². The highest BCUT2D eigenvalue weighted by atomic mass is 32.1. The molecule has 4 heterocycles. The quantitative estimate of drug-likeness (QED) is 0.210. The van der Waals surface area contributed by atoms with Crippen LogP contribution in [0.5, 0.6) is 0 Å². The average Bonchev–Trinajstić information content (AvgIpc) is 3.88. The monoisotopic (exact) mass is 611 g/mol. The molecule has 0 bridgehead atoms. The Morgan fingerprint density at radius 2 is 1.22 bits per heavy atom. The molecule has 0 aliphatic heterocycles. The van der Waals surface area contributed by atoms with Crippen molar-refractivity contribution in [2.45, 2.75) is 0 Å². The van der Waals surface area contributed by atoms with E-state index in [1.165, 1.54) is 63.8 Å². The lowest BCUT2D eigenvalue weighted by Crippen LogP contribution is -2.10. The maximum Gasteiger partial charge on any atom is 0.0798 e. The highest BCUT2D eigenvalue weighted by Crippen LogP contribution is 2.43. The summed E-state index contributed by atoms with van der Waals surface area (Å²) in [6.45, 7) is 0. The zero-order valence-corrected chi connectivity index (χ0v) is 25.7. The van der Waals surface area contributed by atoms with Crippen molar-refractivity contribution in [1.29, 1.82) is 0 Å². The van der Waals surface area contributed by atoms with Gasteiger partial charge < -0.3 is 14.5 Å². The van der Waals surface area contributed by atoms with Gasteiger partial charge in [-0.3, -0.25) is 0 Å². The van der Waals surface area contributed by atoms with E-state index in [0.29, 0.717) is 0 Å². The summed E-state index contributed by atoms with van der Waals surface area (Å²) in [7, 11) is 0. The van der Waals surface area contributed by atoms with Gasteiger partial charge >= 0.3 is 0 Å². The van der Waals surface area contributed by atoms with Crippen LogP contribution in [-0.2, 0) is 0 Å². The van der Waals surface area contributed by atoms with Gasteiger partial charge in [-0.2, -0.15) is 0 Å². The lowest BCUT2D eigenvalue weighted by atomic mass is 10.1. The number of H-pyrrole nitrogens is 1. The van der Waals surface area contributed by atoms with E-state index in [2.05, 4.69) is 159 Å². The third-order valence-corrected chi connectivity index (χ3v) is 10.8. The molecule has 3 nitrogen and oxygen atoms in total. The Morgan fingerprint density at radius 3 is 2.04 bits per heavy atom. The van der Waals surface area contributed by atoms with Crippen LogP contribution in [0.15, 0.2) is 144 Å². The Labute approximate surface area is 266 Å². The van der Waals surface area contributed by atoms with Crippen molar-refractivity contribution in [2.75, 3.05) is 4.90 Å². The summed E-state index contributed by atoms with van der Waals surface area (Å²) in [4.78, 5) is 6.18. The van der Waals surface area contributed by atoms with Crippen molar-refractivity contribution in [3.8, 4) is 5.69 Å². The summed E-state index contributed by atoms with van der Waals surface area (Å²) in [5, 5.41) is 11.9. The SMILES string of the molecule is c1ccc(N(c2ccc(-n3c4cc5ccsc5cc4c4[nH]c5cc6ccsc6cc5c43)cc2)c2cccc3ccccc23)cc1. The lowest BCUT2D eigenvalue weighted by molar-refractivity contribution is 1.18. The maximum atomic E-state index is 3.82. The van der Waals surface area contributed by atoms with Gasteiger partial charge in [0.15, 0.2) is 0 Å². The molecule has 0 aliphatic rings. The summed E-state index contributed by atoms with van der Waals surface area (Å²) < 4.78 is 5.07. The molecule has 5 heteroatoms. The fourth-order valence-electron chi connectivity index (χ4n) is 6.99. The van der Waals surface area contributed by atoms with E-state index in [-0.39, 0.29) is 0 Å². The van der Waals surface area contributed by atoms with Crippen molar-refractivity contribution >= 4 is 104 Å². The van der Waals surface area contributed by atoms with Crippen molar-refractivity contribution in [3.05, 3.63) is 144 Å². The zero-order chi connectivity index (χ0) is 29.5. The minimum absolute atomic E-state index is 1.12. The molecule has 0 aliphatic carbocycles. The Hall–Kier alpha value is -5.36. The molecule has 0 atom stereocenters. The van der Waals surface area contributed by atoms with Gasteiger partial charge in [0.05, 0.1) is 22.2 Å². The minimum Gasteiger partial charge on any atom is -0.353 e. The number of aromatic amines is 1. The second-order valence-electron chi connectivity index (χ2n) is 11.6. The van der Waals surface area contributed by atoms with E-state index in [0.717, 1.165) is 22.7 Å². The Kier molecular flexibility index (Phi) is 5.32. The first-order valence-electron chi connectivity index (χ1n) is 15.1. The molecule has 0 saturated heterocycles. The van der Waals surface area contributed by atoms with E-state index in [4.69, 9.17) is 0 Å². The molecule has 6 aromatic carbocycles. The van der Waals surface area contributed by atoms with E-state index in [1.54, 1.807) is 22.7 Å². The zero-order valence-electron chi connectivity index (χ0n) is 24.1. The van der Waals surface area contributed by atoms with Gasteiger partial charge in [0.2, 0.25) is 0 Å². The molecular weight excluding hydrogens is 587 g/mol. The Balaban J connectivity index is 1.22. The number of nitrogens with one attached hydrogen (secondary N) is 1. The van der Waals surface area contributed by atoms with Gasteiger partial charge in [-0.25, -0.2) is 0 Å². The van der Waals surface area contributed by atoms with E-state index >= 15 is 0 Å². The number of para-hydroxylation sites is 1. The predicted octanol–water partition coefficient (Wildman–Crippen LogP) is 12.3. The Bertz CT molecular complexity index is 2690. The van der Waals surface area contributed by atoms with Gasteiger partial charge in [-0.1, -0.05) is 54.6 Å². The predicted molar refractivity (Wildman–Crippen MR) is 196 cm³/mol. The fraction of sp³-hybridized carbons (Fsp3) is 0. The van der Waals surface area contributed by atoms with Gasteiger partial charge in [-0.05, 0) is 106 Å². The van der Waals surface area contributed by atoms with Crippen LogP contribution in [0, 0.1) is 0 Å². The van der Waals surface area contributed by atoms with Gasteiger partial charge in [0, 0.05) is 48.1 Å². The van der Waals surface area contributed by atoms with Gasteiger partial charge in [0.25, 0.3) is 0 Å². The van der Waals surface area contributed by atoms with Crippen LogP contribution in [-0.4, -0.2) is 9.55 Å². The fourth-order valence-corrected chi connectivity index (χ4v) is 8.61.